The van der Waals surface area contributed by atoms with Gasteiger partial charge in [-0.2, -0.15) is 0 Å². The Kier molecular flexibility index (Phi) is 5.80. The maximum atomic E-state index is 11.1. The minimum atomic E-state index is -0.962. The van der Waals surface area contributed by atoms with Crippen LogP contribution in [-0.4, -0.2) is 23.4 Å². The molecular formula is C9H15NO3. The second-order valence-corrected chi connectivity index (χ2v) is 2.77. The second-order valence-electron chi connectivity index (χ2n) is 2.77. The van der Waals surface area contributed by atoms with Crippen molar-refractivity contribution >= 4 is 11.8 Å². The predicted molar refractivity (Wildman–Crippen MR) is 49.2 cm³/mol. The molecule has 0 heterocycles. The molecule has 0 aliphatic heterocycles. The smallest absolute Gasteiger partial charge is 0.304 e. The highest BCUT2D eigenvalue weighted by atomic mass is 16.4. The van der Waals surface area contributed by atoms with Crippen molar-refractivity contribution < 1.29 is 14.7 Å². The summed E-state index contributed by atoms with van der Waals surface area (Å²) in [6.45, 7) is 1.74. The number of nitrogens with two attached hydrogens (primary N) is 1. The highest BCUT2D eigenvalue weighted by Gasteiger charge is 2.18. The maximum absolute atomic E-state index is 11.1. The average molecular weight is 185 g/mol. The number of carbonyl (C=O) groups is 2. The molecule has 0 spiro atoms. The zero-order valence-corrected chi connectivity index (χ0v) is 7.69. The number of hydrogen-bond donors (Lipinski definition) is 2. The third-order valence-electron chi connectivity index (χ3n) is 1.73. The zero-order valence-electron chi connectivity index (χ0n) is 7.69. The number of rotatable bonds is 6. The summed E-state index contributed by atoms with van der Waals surface area (Å²) in [6.07, 6.45) is 3.89. The number of Topliss-reactive ketones (excluding diaryl/α,β-unsaturated/α-hetero) is 1. The lowest BCUT2D eigenvalue weighted by molar-refractivity contribution is -0.140. The fraction of sp³-hybridized carbons (Fsp3) is 0.556. The van der Waals surface area contributed by atoms with Crippen LogP contribution in [0.1, 0.15) is 19.8 Å². The molecule has 1 atom stereocenters. The van der Waals surface area contributed by atoms with Crippen LogP contribution in [0.2, 0.25) is 0 Å². The Hall–Kier alpha value is -1.16. The summed E-state index contributed by atoms with van der Waals surface area (Å²) < 4.78 is 0. The van der Waals surface area contributed by atoms with Crippen LogP contribution in [0.4, 0.5) is 0 Å². The van der Waals surface area contributed by atoms with E-state index in [-0.39, 0.29) is 18.7 Å². The normalized spacial score (nSPS) is 13.1. The molecule has 0 aromatic rings. The van der Waals surface area contributed by atoms with Gasteiger partial charge in [-0.3, -0.25) is 9.59 Å². The summed E-state index contributed by atoms with van der Waals surface area (Å²) in [5.74, 6) is -1.63. The van der Waals surface area contributed by atoms with Gasteiger partial charge in [0.2, 0.25) is 0 Å². The van der Waals surface area contributed by atoms with Crippen LogP contribution in [0, 0.1) is 5.92 Å². The van der Waals surface area contributed by atoms with Gasteiger partial charge in [0.15, 0.2) is 0 Å². The highest BCUT2D eigenvalue weighted by Crippen LogP contribution is 2.10. The SMILES string of the molecule is CC=CCC(CC(=O)O)C(=O)CN. The first-order valence-corrected chi connectivity index (χ1v) is 4.17. The molecular weight excluding hydrogens is 170 g/mol. The van der Waals surface area contributed by atoms with Crippen LogP contribution >= 0.6 is 0 Å². The standard InChI is InChI=1S/C9H15NO3/c1-2-3-4-7(5-9(12)13)8(11)6-10/h2-3,7H,4-6,10H2,1H3,(H,12,13). The minimum Gasteiger partial charge on any atom is -0.481 e. The molecule has 0 aromatic heterocycles. The number of ketones is 1. The Balaban J connectivity index is 4.18. The number of hydrogen-bond acceptors (Lipinski definition) is 3. The van der Waals surface area contributed by atoms with Crippen LogP contribution in [-0.2, 0) is 9.59 Å². The molecule has 1 unspecified atom stereocenters. The molecule has 13 heavy (non-hydrogen) atoms. The summed E-state index contributed by atoms with van der Waals surface area (Å²) in [5, 5.41) is 8.51. The first kappa shape index (κ1) is 11.8. The number of allylic oxidation sites excluding steroid dienone is 2. The Morgan fingerprint density at radius 1 is 1.54 bits per heavy atom. The maximum Gasteiger partial charge on any atom is 0.304 e. The molecule has 0 saturated carbocycles. The molecule has 0 rings (SSSR count). The van der Waals surface area contributed by atoms with Crippen molar-refractivity contribution in [3.8, 4) is 0 Å². The van der Waals surface area contributed by atoms with E-state index in [4.69, 9.17) is 10.8 Å². The van der Waals surface area contributed by atoms with E-state index in [0.717, 1.165) is 0 Å². The summed E-state index contributed by atoms with van der Waals surface area (Å²) in [5.41, 5.74) is 5.15. The molecule has 3 N–H and O–H groups in total. The van der Waals surface area contributed by atoms with E-state index in [1.807, 2.05) is 6.92 Å². The lowest BCUT2D eigenvalue weighted by Gasteiger charge is -2.09. The molecule has 0 aliphatic carbocycles. The molecule has 4 heteroatoms. The molecule has 0 bridgehead atoms. The summed E-state index contributed by atoms with van der Waals surface area (Å²) in [4.78, 5) is 21.5. The van der Waals surface area contributed by atoms with Gasteiger partial charge in [0.25, 0.3) is 0 Å². The molecule has 0 radical (unpaired) electrons. The fourth-order valence-corrected chi connectivity index (χ4v) is 1.01. The molecule has 0 amide bonds. The Bertz CT molecular complexity index is 211. The Morgan fingerprint density at radius 3 is 2.54 bits per heavy atom. The quantitative estimate of drug-likeness (QED) is 0.593. The first-order chi connectivity index (χ1) is 6.11. The van der Waals surface area contributed by atoms with Crippen molar-refractivity contribution in [3.05, 3.63) is 12.2 Å². The zero-order chi connectivity index (χ0) is 10.3. The van der Waals surface area contributed by atoms with E-state index < -0.39 is 11.9 Å². The third kappa shape index (κ3) is 5.14. The Labute approximate surface area is 77.4 Å². The van der Waals surface area contributed by atoms with Crippen LogP contribution in [0.3, 0.4) is 0 Å². The van der Waals surface area contributed by atoms with Crippen LogP contribution in [0.5, 0.6) is 0 Å². The lowest BCUT2D eigenvalue weighted by atomic mass is 9.96. The van der Waals surface area contributed by atoms with E-state index in [1.165, 1.54) is 0 Å². The number of carboxylic acids is 1. The van der Waals surface area contributed by atoms with Crippen molar-refractivity contribution in [1.29, 1.82) is 0 Å². The van der Waals surface area contributed by atoms with Gasteiger partial charge in [0, 0.05) is 5.92 Å². The van der Waals surface area contributed by atoms with E-state index >= 15 is 0 Å². The summed E-state index contributed by atoms with van der Waals surface area (Å²) >= 11 is 0. The second kappa shape index (κ2) is 6.37. The van der Waals surface area contributed by atoms with Gasteiger partial charge in [-0.05, 0) is 13.3 Å². The topological polar surface area (TPSA) is 80.4 Å². The average Bonchev–Trinajstić information content (AvgIpc) is 2.10. The van der Waals surface area contributed by atoms with Crippen molar-refractivity contribution in [1.82, 2.24) is 0 Å². The van der Waals surface area contributed by atoms with Gasteiger partial charge >= 0.3 is 5.97 Å². The van der Waals surface area contributed by atoms with E-state index in [2.05, 4.69) is 0 Å². The fourth-order valence-electron chi connectivity index (χ4n) is 1.01. The van der Waals surface area contributed by atoms with E-state index in [0.29, 0.717) is 6.42 Å². The number of carbonyl (C=O) groups excluding carboxylic acids is 1. The van der Waals surface area contributed by atoms with E-state index in [1.54, 1.807) is 12.2 Å². The van der Waals surface area contributed by atoms with E-state index in [9.17, 15) is 9.59 Å². The predicted octanol–water partition coefficient (Wildman–Crippen LogP) is 0.571. The largest absolute Gasteiger partial charge is 0.481 e. The van der Waals surface area contributed by atoms with Crippen LogP contribution in [0.25, 0.3) is 0 Å². The van der Waals surface area contributed by atoms with Gasteiger partial charge in [0.05, 0.1) is 13.0 Å². The van der Waals surface area contributed by atoms with Crippen molar-refractivity contribution in [2.75, 3.05) is 6.54 Å². The van der Waals surface area contributed by atoms with Gasteiger partial charge < -0.3 is 10.8 Å². The summed E-state index contributed by atoms with van der Waals surface area (Å²) in [6, 6.07) is 0. The molecule has 4 nitrogen and oxygen atoms in total. The lowest BCUT2D eigenvalue weighted by Crippen LogP contribution is -2.25. The molecule has 0 aliphatic rings. The first-order valence-electron chi connectivity index (χ1n) is 4.17. The van der Waals surface area contributed by atoms with Crippen molar-refractivity contribution in [3.63, 3.8) is 0 Å². The summed E-state index contributed by atoms with van der Waals surface area (Å²) in [7, 11) is 0. The van der Waals surface area contributed by atoms with Gasteiger partial charge in [-0.15, -0.1) is 0 Å². The number of aliphatic carboxylic acids is 1. The van der Waals surface area contributed by atoms with Gasteiger partial charge in [-0.25, -0.2) is 0 Å². The Morgan fingerprint density at radius 2 is 2.15 bits per heavy atom. The molecule has 0 fully saturated rings. The molecule has 0 aromatic carbocycles. The molecule has 74 valence electrons. The highest BCUT2D eigenvalue weighted by molar-refractivity contribution is 5.86. The number of carboxylic acid groups (broad SMARTS) is 1. The molecule has 0 saturated heterocycles. The van der Waals surface area contributed by atoms with Gasteiger partial charge in [0.1, 0.15) is 5.78 Å². The van der Waals surface area contributed by atoms with Crippen LogP contribution in [0.15, 0.2) is 12.2 Å². The van der Waals surface area contributed by atoms with Crippen molar-refractivity contribution in [2.45, 2.75) is 19.8 Å². The van der Waals surface area contributed by atoms with Crippen molar-refractivity contribution in [2.24, 2.45) is 11.7 Å². The monoisotopic (exact) mass is 185 g/mol. The van der Waals surface area contributed by atoms with Gasteiger partial charge in [-0.1, -0.05) is 12.2 Å². The third-order valence-corrected chi connectivity index (χ3v) is 1.73. The van der Waals surface area contributed by atoms with Crippen LogP contribution < -0.4 is 5.73 Å². The minimum absolute atomic E-state index is 0.0878.